The van der Waals surface area contributed by atoms with Crippen molar-refractivity contribution in [2.45, 2.75) is 38.3 Å². The van der Waals surface area contributed by atoms with Gasteiger partial charge in [-0.1, -0.05) is 12.1 Å². The third-order valence-electron chi connectivity index (χ3n) is 3.32. The van der Waals surface area contributed by atoms with E-state index in [1.54, 1.807) is 0 Å². The summed E-state index contributed by atoms with van der Waals surface area (Å²) in [5.74, 6) is 0.919. The molecule has 1 fully saturated rings. The van der Waals surface area contributed by atoms with Crippen LogP contribution in [-0.4, -0.2) is 19.2 Å². The fourth-order valence-electron chi connectivity index (χ4n) is 2.38. The zero-order valence-corrected chi connectivity index (χ0v) is 10.5. The molecule has 0 aliphatic carbocycles. The van der Waals surface area contributed by atoms with Gasteiger partial charge < -0.3 is 15.8 Å². The molecule has 2 unspecified atom stereocenters. The molecule has 94 valence electrons. The van der Waals surface area contributed by atoms with Crippen LogP contribution in [0.15, 0.2) is 24.3 Å². The van der Waals surface area contributed by atoms with Crippen molar-refractivity contribution in [2.24, 2.45) is 5.73 Å². The molecular weight excluding hydrogens is 212 g/mol. The maximum Gasteiger partial charge on any atom is 0.119 e. The summed E-state index contributed by atoms with van der Waals surface area (Å²) >= 11 is 0. The minimum atomic E-state index is 0.126. The van der Waals surface area contributed by atoms with Crippen molar-refractivity contribution in [1.82, 2.24) is 5.32 Å². The van der Waals surface area contributed by atoms with E-state index in [0.717, 1.165) is 18.7 Å². The Kier molecular flexibility index (Phi) is 4.40. The molecule has 1 heterocycles. The number of nitrogens with one attached hydrogen (secondary N) is 1. The summed E-state index contributed by atoms with van der Waals surface area (Å²) in [4.78, 5) is 0. The minimum absolute atomic E-state index is 0.126. The van der Waals surface area contributed by atoms with Gasteiger partial charge in [0.15, 0.2) is 0 Å². The van der Waals surface area contributed by atoms with Gasteiger partial charge in [-0.3, -0.25) is 0 Å². The van der Waals surface area contributed by atoms with E-state index in [9.17, 15) is 0 Å². The molecule has 1 aliphatic heterocycles. The Morgan fingerprint density at radius 3 is 2.76 bits per heavy atom. The van der Waals surface area contributed by atoms with E-state index in [2.05, 4.69) is 17.4 Å². The summed E-state index contributed by atoms with van der Waals surface area (Å²) in [6.07, 6.45) is 3.55. The molecule has 2 atom stereocenters. The Bertz CT molecular complexity index is 331. The fraction of sp³-hybridized carbons (Fsp3) is 0.571. The summed E-state index contributed by atoms with van der Waals surface area (Å²) in [6.45, 7) is 3.84. The first-order chi connectivity index (χ1) is 8.29. The van der Waals surface area contributed by atoms with Crippen LogP contribution in [-0.2, 0) is 0 Å². The van der Waals surface area contributed by atoms with Gasteiger partial charge in [0.2, 0.25) is 0 Å². The highest BCUT2D eigenvalue weighted by Crippen LogP contribution is 2.22. The molecule has 0 saturated carbocycles. The summed E-state index contributed by atoms with van der Waals surface area (Å²) < 4.78 is 5.42. The zero-order chi connectivity index (χ0) is 12.1. The van der Waals surface area contributed by atoms with Crippen molar-refractivity contribution in [3.05, 3.63) is 29.8 Å². The van der Waals surface area contributed by atoms with E-state index in [0.29, 0.717) is 12.6 Å². The van der Waals surface area contributed by atoms with E-state index >= 15 is 0 Å². The monoisotopic (exact) mass is 234 g/mol. The summed E-state index contributed by atoms with van der Waals surface area (Å²) in [5.41, 5.74) is 7.41. The first-order valence-electron chi connectivity index (χ1n) is 6.51. The van der Waals surface area contributed by atoms with Gasteiger partial charge in [0.1, 0.15) is 5.75 Å². The summed E-state index contributed by atoms with van der Waals surface area (Å²) in [7, 11) is 0. The highest BCUT2D eigenvalue weighted by molar-refractivity contribution is 5.29. The van der Waals surface area contributed by atoms with E-state index < -0.39 is 0 Å². The van der Waals surface area contributed by atoms with E-state index in [4.69, 9.17) is 10.5 Å². The van der Waals surface area contributed by atoms with Crippen LogP contribution in [0, 0.1) is 0 Å². The van der Waals surface area contributed by atoms with Gasteiger partial charge in [0.25, 0.3) is 0 Å². The first-order valence-corrected chi connectivity index (χ1v) is 6.51. The molecular formula is C14H22N2O. The van der Waals surface area contributed by atoms with Gasteiger partial charge in [-0.15, -0.1) is 0 Å². The molecule has 17 heavy (non-hydrogen) atoms. The predicted octanol–water partition coefficient (Wildman–Crippen LogP) is 2.23. The van der Waals surface area contributed by atoms with Crippen LogP contribution in [0.1, 0.15) is 37.8 Å². The molecule has 1 saturated heterocycles. The SMILES string of the molecule is CCOc1ccc(C(N)CC2CCCN2)cc1. The van der Waals surface area contributed by atoms with Crippen LogP contribution >= 0.6 is 0 Å². The smallest absolute Gasteiger partial charge is 0.119 e. The minimum Gasteiger partial charge on any atom is -0.494 e. The quantitative estimate of drug-likeness (QED) is 0.821. The van der Waals surface area contributed by atoms with Gasteiger partial charge in [0, 0.05) is 12.1 Å². The lowest BCUT2D eigenvalue weighted by Gasteiger charge is -2.17. The van der Waals surface area contributed by atoms with Crippen LogP contribution in [0.25, 0.3) is 0 Å². The van der Waals surface area contributed by atoms with Gasteiger partial charge in [-0.2, -0.15) is 0 Å². The standard InChI is InChI=1S/C14H22N2O/c1-2-17-13-7-5-11(6-8-13)14(15)10-12-4-3-9-16-12/h5-8,12,14,16H,2-4,9-10,15H2,1H3. The second-order valence-corrected chi connectivity index (χ2v) is 4.64. The molecule has 0 bridgehead atoms. The molecule has 3 heteroatoms. The maximum atomic E-state index is 6.22. The molecule has 0 spiro atoms. The Hall–Kier alpha value is -1.06. The number of nitrogens with two attached hydrogens (primary N) is 1. The topological polar surface area (TPSA) is 47.3 Å². The molecule has 1 aliphatic rings. The van der Waals surface area contributed by atoms with Crippen molar-refractivity contribution >= 4 is 0 Å². The first kappa shape index (κ1) is 12.4. The van der Waals surface area contributed by atoms with Crippen LogP contribution in [0.4, 0.5) is 0 Å². The van der Waals surface area contributed by atoms with Crippen LogP contribution < -0.4 is 15.8 Å². The predicted molar refractivity (Wildman–Crippen MR) is 70.2 cm³/mol. The summed E-state index contributed by atoms with van der Waals surface area (Å²) in [6, 6.07) is 8.87. The van der Waals surface area contributed by atoms with Crippen molar-refractivity contribution in [3.63, 3.8) is 0 Å². The summed E-state index contributed by atoms with van der Waals surface area (Å²) in [5, 5.41) is 3.48. The maximum absolute atomic E-state index is 6.22. The Morgan fingerprint density at radius 2 is 2.18 bits per heavy atom. The second-order valence-electron chi connectivity index (χ2n) is 4.64. The lowest BCUT2D eigenvalue weighted by molar-refractivity contribution is 0.340. The van der Waals surface area contributed by atoms with Crippen LogP contribution in [0.2, 0.25) is 0 Å². The molecule has 2 rings (SSSR count). The average Bonchev–Trinajstić information content (AvgIpc) is 2.83. The lowest BCUT2D eigenvalue weighted by Crippen LogP contribution is -2.26. The normalized spacial score (nSPS) is 21.4. The zero-order valence-electron chi connectivity index (χ0n) is 10.5. The number of rotatable bonds is 5. The number of benzene rings is 1. The Morgan fingerprint density at radius 1 is 1.41 bits per heavy atom. The average molecular weight is 234 g/mol. The highest BCUT2D eigenvalue weighted by Gasteiger charge is 2.18. The van der Waals surface area contributed by atoms with Crippen LogP contribution in [0.5, 0.6) is 5.75 Å². The fourth-order valence-corrected chi connectivity index (χ4v) is 2.38. The molecule has 0 amide bonds. The second kappa shape index (κ2) is 6.03. The van der Waals surface area contributed by atoms with Crippen molar-refractivity contribution in [1.29, 1.82) is 0 Å². The van der Waals surface area contributed by atoms with E-state index in [1.807, 2.05) is 19.1 Å². The molecule has 0 radical (unpaired) electrons. The molecule has 3 nitrogen and oxygen atoms in total. The van der Waals surface area contributed by atoms with Crippen LogP contribution in [0.3, 0.4) is 0 Å². The lowest BCUT2D eigenvalue weighted by atomic mass is 9.99. The molecule has 3 N–H and O–H groups in total. The van der Waals surface area contributed by atoms with Gasteiger partial charge in [-0.05, 0) is 50.4 Å². The molecule has 0 aromatic heterocycles. The highest BCUT2D eigenvalue weighted by atomic mass is 16.5. The van der Waals surface area contributed by atoms with Crippen molar-refractivity contribution in [3.8, 4) is 5.75 Å². The largest absolute Gasteiger partial charge is 0.494 e. The Balaban J connectivity index is 1.91. The van der Waals surface area contributed by atoms with Crippen molar-refractivity contribution in [2.75, 3.05) is 13.2 Å². The van der Waals surface area contributed by atoms with Gasteiger partial charge in [-0.25, -0.2) is 0 Å². The Labute approximate surface area is 103 Å². The van der Waals surface area contributed by atoms with E-state index in [-0.39, 0.29) is 6.04 Å². The third kappa shape index (κ3) is 3.45. The number of hydrogen-bond acceptors (Lipinski definition) is 3. The number of hydrogen-bond donors (Lipinski definition) is 2. The number of ether oxygens (including phenoxy) is 1. The van der Waals surface area contributed by atoms with E-state index in [1.165, 1.54) is 18.4 Å². The molecule has 1 aromatic carbocycles. The van der Waals surface area contributed by atoms with Gasteiger partial charge >= 0.3 is 0 Å². The van der Waals surface area contributed by atoms with Gasteiger partial charge in [0.05, 0.1) is 6.61 Å². The van der Waals surface area contributed by atoms with Crippen molar-refractivity contribution < 1.29 is 4.74 Å². The third-order valence-corrected chi connectivity index (χ3v) is 3.32. The molecule has 1 aromatic rings.